The third-order valence-electron chi connectivity index (χ3n) is 6.45. The van der Waals surface area contributed by atoms with E-state index in [1.165, 1.54) is 12.1 Å². The third kappa shape index (κ3) is 3.46. The number of likely N-dealkylation sites (tertiary alicyclic amines) is 1. The predicted octanol–water partition coefficient (Wildman–Crippen LogP) is 5.09. The van der Waals surface area contributed by atoms with Crippen molar-refractivity contribution in [3.63, 3.8) is 0 Å². The average molecular weight is 459 g/mol. The summed E-state index contributed by atoms with van der Waals surface area (Å²) >= 11 is 0. The van der Waals surface area contributed by atoms with E-state index in [1.807, 2.05) is 23.1 Å². The first-order chi connectivity index (χ1) is 16.6. The smallest absolute Gasteiger partial charge is 0.259 e. The number of ether oxygens (including phenoxy) is 2. The van der Waals surface area contributed by atoms with Crippen LogP contribution in [0.15, 0.2) is 53.1 Å². The van der Waals surface area contributed by atoms with Gasteiger partial charge in [-0.2, -0.15) is 0 Å². The maximum Gasteiger partial charge on any atom is 0.259 e. The summed E-state index contributed by atoms with van der Waals surface area (Å²) in [5, 5.41) is 4.64. The number of hydrogen-bond acceptors (Lipinski definition) is 6. The number of carbonyl (C=O) groups excluding carboxylic acids is 1. The Labute approximate surface area is 195 Å². The molecule has 0 bridgehead atoms. The first-order valence-corrected chi connectivity index (χ1v) is 11.3. The topological polar surface area (TPSA) is 77.7 Å². The molecule has 0 N–H and O–H groups in total. The Morgan fingerprint density at radius 3 is 2.68 bits per heavy atom. The van der Waals surface area contributed by atoms with E-state index < -0.39 is 0 Å². The fourth-order valence-electron chi connectivity index (χ4n) is 4.81. The Morgan fingerprint density at radius 2 is 1.85 bits per heavy atom. The van der Waals surface area contributed by atoms with Crippen molar-refractivity contribution in [2.45, 2.75) is 25.8 Å². The van der Waals surface area contributed by atoms with E-state index in [2.05, 4.69) is 10.1 Å². The van der Waals surface area contributed by atoms with Gasteiger partial charge in [0.25, 0.3) is 11.6 Å². The van der Waals surface area contributed by atoms with E-state index in [-0.39, 0.29) is 23.5 Å². The molecular formula is C26H22FN3O4. The number of benzene rings is 2. The number of fused-ring (bicyclic) bond motifs is 2. The zero-order valence-electron chi connectivity index (χ0n) is 18.6. The summed E-state index contributed by atoms with van der Waals surface area (Å²) < 4.78 is 30.3. The minimum Gasteiger partial charge on any atom is -0.486 e. The van der Waals surface area contributed by atoms with E-state index >= 15 is 0 Å². The van der Waals surface area contributed by atoms with Crippen molar-refractivity contribution in [1.29, 1.82) is 0 Å². The van der Waals surface area contributed by atoms with Crippen LogP contribution in [0.3, 0.4) is 0 Å². The van der Waals surface area contributed by atoms with Crippen molar-refractivity contribution < 1.29 is 23.2 Å². The quantitative estimate of drug-likeness (QED) is 0.425. The summed E-state index contributed by atoms with van der Waals surface area (Å²) in [4.78, 5) is 20.4. The highest BCUT2D eigenvalue weighted by Crippen LogP contribution is 2.39. The molecule has 1 saturated heterocycles. The van der Waals surface area contributed by atoms with Gasteiger partial charge in [-0.1, -0.05) is 11.2 Å². The largest absolute Gasteiger partial charge is 0.486 e. The van der Waals surface area contributed by atoms with Crippen LogP contribution in [0.1, 0.15) is 40.5 Å². The molecule has 1 fully saturated rings. The van der Waals surface area contributed by atoms with Crippen LogP contribution in [0.4, 0.5) is 4.39 Å². The van der Waals surface area contributed by atoms with Crippen LogP contribution in [0.5, 0.6) is 11.5 Å². The molecule has 1 atom stereocenters. The van der Waals surface area contributed by atoms with Crippen LogP contribution in [-0.2, 0) is 0 Å². The molecule has 8 heteroatoms. The molecular weight excluding hydrogens is 437 g/mol. The molecule has 0 saturated carbocycles. The molecule has 1 amide bonds. The van der Waals surface area contributed by atoms with Crippen molar-refractivity contribution in [2.24, 2.45) is 0 Å². The highest BCUT2D eigenvalue weighted by molar-refractivity contribution is 6.07. The van der Waals surface area contributed by atoms with Crippen LogP contribution >= 0.6 is 0 Å². The van der Waals surface area contributed by atoms with Gasteiger partial charge >= 0.3 is 0 Å². The molecule has 1 unspecified atom stereocenters. The highest BCUT2D eigenvalue weighted by Gasteiger charge is 2.33. The number of nitrogens with zero attached hydrogens (tertiary/aromatic N) is 3. The van der Waals surface area contributed by atoms with E-state index in [1.54, 1.807) is 25.1 Å². The number of pyridine rings is 1. The van der Waals surface area contributed by atoms with Gasteiger partial charge in [-0.15, -0.1) is 0 Å². The summed E-state index contributed by atoms with van der Waals surface area (Å²) in [5.74, 6) is 0.990. The maximum atomic E-state index is 13.9. The molecule has 2 aliphatic heterocycles. The second kappa shape index (κ2) is 8.13. The number of halogens is 1. The summed E-state index contributed by atoms with van der Waals surface area (Å²) in [6.45, 7) is 3.48. The Bertz CT molecular complexity index is 1400. The third-order valence-corrected chi connectivity index (χ3v) is 6.45. The minimum atomic E-state index is -0.337. The molecule has 0 aliphatic carbocycles. The molecule has 172 valence electrons. The monoisotopic (exact) mass is 459 g/mol. The summed E-state index contributed by atoms with van der Waals surface area (Å²) in [6.07, 6.45) is 1.75. The second-order valence-electron chi connectivity index (χ2n) is 8.57. The number of amides is 1. The molecule has 7 nitrogen and oxygen atoms in total. The van der Waals surface area contributed by atoms with E-state index in [4.69, 9.17) is 14.0 Å². The lowest BCUT2D eigenvalue weighted by atomic mass is 10.0. The fourth-order valence-corrected chi connectivity index (χ4v) is 4.81. The van der Waals surface area contributed by atoms with Gasteiger partial charge in [0.15, 0.2) is 11.5 Å². The number of hydrogen-bond donors (Lipinski definition) is 0. The Balaban J connectivity index is 1.41. The van der Waals surface area contributed by atoms with Gasteiger partial charge in [0, 0.05) is 12.1 Å². The van der Waals surface area contributed by atoms with Gasteiger partial charge in [-0.25, -0.2) is 9.37 Å². The number of carbonyl (C=O) groups is 1. The van der Waals surface area contributed by atoms with Crippen LogP contribution in [0.25, 0.3) is 22.4 Å². The first kappa shape index (κ1) is 20.7. The van der Waals surface area contributed by atoms with Crippen LogP contribution < -0.4 is 9.47 Å². The highest BCUT2D eigenvalue weighted by atomic mass is 19.1. The molecule has 0 radical (unpaired) electrons. The molecule has 2 aromatic carbocycles. The lowest BCUT2D eigenvalue weighted by molar-refractivity contribution is 0.0737. The Kier molecular flexibility index (Phi) is 4.94. The lowest BCUT2D eigenvalue weighted by Crippen LogP contribution is -2.31. The maximum absolute atomic E-state index is 13.9. The Hall–Kier alpha value is -3.94. The molecule has 34 heavy (non-hydrogen) atoms. The number of aryl methyl sites for hydroxylation is 1. The zero-order chi connectivity index (χ0) is 23.2. The Morgan fingerprint density at radius 1 is 1.06 bits per heavy atom. The average Bonchev–Trinajstić information content (AvgIpc) is 3.50. The second-order valence-corrected chi connectivity index (χ2v) is 8.57. The van der Waals surface area contributed by atoms with E-state index in [0.717, 1.165) is 24.2 Å². The fraction of sp³-hybridized carbons (Fsp3) is 0.269. The molecule has 4 heterocycles. The van der Waals surface area contributed by atoms with Gasteiger partial charge in [0.1, 0.15) is 19.0 Å². The van der Waals surface area contributed by atoms with Gasteiger partial charge < -0.3 is 18.9 Å². The summed E-state index contributed by atoms with van der Waals surface area (Å²) in [6, 6.07) is 13.6. The first-order valence-electron chi connectivity index (χ1n) is 11.3. The van der Waals surface area contributed by atoms with Crippen molar-refractivity contribution >= 4 is 17.0 Å². The predicted molar refractivity (Wildman–Crippen MR) is 122 cm³/mol. The molecule has 2 aliphatic rings. The molecule has 4 aromatic rings. The van der Waals surface area contributed by atoms with Gasteiger partial charge in [0.05, 0.1) is 28.4 Å². The lowest BCUT2D eigenvalue weighted by Gasteiger charge is -2.27. The summed E-state index contributed by atoms with van der Waals surface area (Å²) in [7, 11) is 0. The molecule has 6 rings (SSSR count). The van der Waals surface area contributed by atoms with Crippen molar-refractivity contribution in [3.8, 4) is 22.8 Å². The van der Waals surface area contributed by atoms with Crippen LogP contribution in [0, 0.1) is 12.7 Å². The molecule has 2 aromatic heterocycles. The standard InChI is InChI=1S/C26H22FN3O4/c1-15-24-19(14-20(28-25(24)34-29-15)16-4-7-18(27)8-5-16)26(31)30-10-2-3-21(30)17-6-9-22-23(13-17)33-12-11-32-22/h4-9,13-14,21H,2-3,10-12H2,1H3. The van der Waals surface area contributed by atoms with Crippen molar-refractivity contribution in [3.05, 3.63) is 71.2 Å². The minimum absolute atomic E-state index is 0.0824. The van der Waals surface area contributed by atoms with Crippen molar-refractivity contribution in [1.82, 2.24) is 15.0 Å². The van der Waals surface area contributed by atoms with Crippen LogP contribution in [0.2, 0.25) is 0 Å². The SMILES string of the molecule is Cc1noc2nc(-c3ccc(F)cc3)cc(C(=O)N3CCCC3c3ccc4c(c3)OCCO4)c12. The van der Waals surface area contributed by atoms with Gasteiger partial charge in [0.2, 0.25) is 0 Å². The summed E-state index contributed by atoms with van der Waals surface area (Å²) in [5.41, 5.74) is 3.61. The molecule has 0 spiro atoms. The van der Waals surface area contributed by atoms with Crippen LogP contribution in [-0.4, -0.2) is 40.7 Å². The van der Waals surface area contributed by atoms with Gasteiger partial charge in [-0.3, -0.25) is 4.79 Å². The van der Waals surface area contributed by atoms with E-state index in [0.29, 0.717) is 53.4 Å². The van der Waals surface area contributed by atoms with E-state index in [9.17, 15) is 9.18 Å². The number of aromatic nitrogens is 2. The normalized spacial score (nSPS) is 17.4. The zero-order valence-corrected chi connectivity index (χ0v) is 18.6. The van der Waals surface area contributed by atoms with Gasteiger partial charge in [-0.05, 0) is 67.8 Å². The van der Waals surface area contributed by atoms with Crippen molar-refractivity contribution in [2.75, 3.05) is 19.8 Å². The number of rotatable bonds is 3.